The van der Waals surface area contributed by atoms with Crippen molar-refractivity contribution >= 4 is 43.7 Å². The number of furan rings is 1. The van der Waals surface area contributed by atoms with Gasteiger partial charge in [-0.3, -0.25) is 9.55 Å². The second-order valence-corrected chi connectivity index (χ2v) is 12.5. The van der Waals surface area contributed by atoms with E-state index < -0.39 is 0 Å². The lowest BCUT2D eigenvalue weighted by Gasteiger charge is -2.11. The fourth-order valence-corrected chi connectivity index (χ4v) is 7.11. The van der Waals surface area contributed by atoms with Gasteiger partial charge in [0.1, 0.15) is 17.0 Å². The summed E-state index contributed by atoms with van der Waals surface area (Å²) in [5.41, 5.74) is 11.6. The van der Waals surface area contributed by atoms with Gasteiger partial charge in [-0.1, -0.05) is 97.1 Å². The number of hydrogen-bond acceptors (Lipinski definition) is 4. The maximum atomic E-state index is 6.68. The number of nitrogens with zero attached hydrogens (tertiary/aromatic N) is 4. The van der Waals surface area contributed by atoms with Gasteiger partial charge in [-0.05, 0) is 88.6 Å². The highest BCUT2D eigenvalue weighted by atomic mass is 16.3. The van der Waals surface area contributed by atoms with E-state index in [1.807, 2.05) is 42.5 Å². The second kappa shape index (κ2) is 11.4. The number of rotatable bonds is 5. The number of pyridine rings is 2. The van der Waals surface area contributed by atoms with Crippen LogP contribution in [0.4, 0.5) is 0 Å². The monoisotopic (exact) mass is 640 g/mol. The minimum atomic E-state index is 0.825. The summed E-state index contributed by atoms with van der Waals surface area (Å²) in [6.07, 6.45) is 1.80. The van der Waals surface area contributed by atoms with Crippen LogP contribution in [0.3, 0.4) is 0 Å². The van der Waals surface area contributed by atoms with Crippen LogP contribution in [0.1, 0.15) is 0 Å². The summed E-state index contributed by atoms with van der Waals surface area (Å²) >= 11 is 0. The van der Waals surface area contributed by atoms with Gasteiger partial charge < -0.3 is 4.42 Å². The molecule has 5 nitrogen and oxygen atoms in total. The molecule has 0 amide bonds. The molecule has 10 rings (SSSR count). The van der Waals surface area contributed by atoms with Crippen molar-refractivity contribution in [3.63, 3.8) is 0 Å². The number of imidazole rings is 1. The zero-order valence-corrected chi connectivity index (χ0v) is 26.9. The molecule has 0 saturated heterocycles. The number of fused-ring (bicyclic) bond motifs is 5. The third-order valence-corrected chi connectivity index (χ3v) is 9.47. The fourth-order valence-electron chi connectivity index (χ4n) is 7.11. The summed E-state index contributed by atoms with van der Waals surface area (Å²) in [6, 6.07) is 56.6. The van der Waals surface area contributed by atoms with Gasteiger partial charge in [-0.15, -0.1) is 0 Å². The molecule has 0 saturated carbocycles. The van der Waals surface area contributed by atoms with Gasteiger partial charge >= 0.3 is 0 Å². The van der Waals surface area contributed by atoms with Crippen LogP contribution in [0.5, 0.6) is 0 Å². The van der Waals surface area contributed by atoms with Gasteiger partial charge in [-0.25, -0.2) is 9.97 Å². The number of para-hydroxylation sites is 2. The van der Waals surface area contributed by atoms with Crippen molar-refractivity contribution in [1.82, 2.24) is 19.5 Å². The highest BCUT2D eigenvalue weighted by molar-refractivity contribution is 6.18. The summed E-state index contributed by atoms with van der Waals surface area (Å²) in [4.78, 5) is 14.6. The molecule has 6 aromatic carbocycles. The molecule has 234 valence electrons. The van der Waals surface area contributed by atoms with E-state index in [1.165, 1.54) is 0 Å². The minimum absolute atomic E-state index is 0.825. The van der Waals surface area contributed by atoms with E-state index in [2.05, 4.69) is 131 Å². The molecule has 0 atom stereocenters. The third-order valence-electron chi connectivity index (χ3n) is 9.47. The number of benzene rings is 6. The topological polar surface area (TPSA) is 56.7 Å². The molecular formula is C45H28N4O. The van der Waals surface area contributed by atoms with E-state index in [1.54, 1.807) is 6.20 Å². The zero-order valence-electron chi connectivity index (χ0n) is 26.9. The van der Waals surface area contributed by atoms with Crippen LogP contribution in [-0.2, 0) is 0 Å². The Labute approximate surface area is 287 Å². The van der Waals surface area contributed by atoms with Gasteiger partial charge in [0.25, 0.3) is 0 Å². The first-order valence-corrected chi connectivity index (χ1v) is 16.7. The van der Waals surface area contributed by atoms with Crippen LogP contribution in [0.15, 0.2) is 174 Å². The molecule has 4 aromatic heterocycles. The van der Waals surface area contributed by atoms with Crippen molar-refractivity contribution in [3.8, 4) is 50.8 Å². The number of aromatic nitrogens is 4. The van der Waals surface area contributed by atoms with E-state index in [9.17, 15) is 0 Å². The van der Waals surface area contributed by atoms with Crippen molar-refractivity contribution < 1.29 is 4.42 Å². The summed E-state index contributed by atoms with van der Waals surface area (Å²) < 4.78 is 8.92. The minimum Gasteiger partial charge on any atom is -0.455 e. The van der Waals surface area contributed by atoms with Gasteiger partial charge in [0.15, 0.2) is 0 Å². The molecule has 0 aliphatic rings. The average molecular weight is 641 g/mol. The molecular weight excluding hydrogens is 613 g/mol. The van der Waals surface area contributed by atoms with Gasteiger partial charge in [0.05, 0.1) is 33.7 Å². The standard InChI is InChI=1S/C45H28N4O/c1-2-11-30(12-3-1)45-48-39-16-6-7-19-41(39)49(45)33-23-20-29(21-24-33)31-22-25-42-35(27-31)36-28-32-13-4-5-14-34(32)43(44(36)50-42)40-18-10-17-38(47-40)37-15-8-9-26-46-37/h1-28H. The smallest absolute Gasteiger partial charge is 0.145 e. The fraction of sp³-hybridized carbons (Fsp3) is 0. The molecule has 50 heavy (non-hydrogen) atoms. The Kier molecular flexibility index (Phi) is 6.42. The van der Waals surface area contributed by atoms with Gasteiger partial charge in [0, 0.05) is 28.2 Å². The third kappa shape index (κ3) is 4.60. The Balaban J connectivity index is 1.10. The normalized spacial score (nSPS) is 11.6. The van der Waals surface area contributed by atoms with E-state index >= 15 is 0 Å². The zero-order chi connectivity index (χ0) is 33.0. The van der Waals surface area contributed by atoms with Crippen LogP contribution >= 0.6 is 0 Å². The Morgan fingerprint density at radius 3 is 2.12 bits per heavy atom. The van der Waals surface area contributed by atoms with Crippen LogP contribution < -0.4 is 0 Å². The summed E-state index contributed by atoms with van der Waals surface area (Å²) in [5, 5.41) is 4.37. The lowest BCUT2D eigenvalue weighted by Crippen LogP contribution is -1.97. The molecule has 0 fully saturated rings. The van der Waals surface area contributed by atoms with Crippen LogP contribution in [0.2, 0.25) is 0 Å². The first-order valence-electron chi connectivity index (χ1n) is 16.7. The lowest BCUT2D eigenvalue weighted by molar-refractivity contribution is 0.670. The van der Waals surface area contributed by atoms with E-state index in [0.29, 0.717) is 0 Å². The van der Waals surface area contributed by atoms with E-state index in [0.717, 1.165) is 94.6 Å². The average Bonchev–Trinajstić information content (AvgIpc) is 3.76. The predicted molar refractivity (Wildman–Crippen MR) is 203 cm³/mol. The maximum Gasteiger partial charge on any atom is 0.145 e. The van der Waals surface area contributed by atoms with E-state index in [-0.39, 0.29) is 0 Å². The van der Waals surface area contributed by atoms with Crippen molar-refractivity contribution in [3.05, 3.63) is 170 Å². The first kappa shape index (κ1) is 28.2. The van der Waals surface area contributed by atoms with Crippen molar-refractivity contribution in [2.75, 3.05) is 0 Å². The maximum absolute atomic E-state index is 6.68. The molecule has 0 unspecified atom stereocenters. The first-order chi connectivity index (χ1) is 24.8. The summed E-state index contributed by atoms with van der Waals surface area (Å²) in [6.45, 7) is 0. The molecule has 0 spiro atoms. The van der Waals surface area contributed by atoms with Crippen LogP contribution in [-0.4, -0.2) is 19.5 Å². The summed E-state index contributed by atoms with van der Waals surface area (Å²) in [5.74, 6) is 0.925. The van der Waals surface area contributed by atoms with E-state index in [4.69, 9.17) is 14.4 Å². The molecule has 0 N–H and O–H groups in total. The lowest BCUT2D eigenvalue weighted by atomic mass is 9.96. The number of hydrogen-bond donors (Lipinski definition) is 0. The van der Waals surface area contributed by atoms with Crippen LogP contribution in [0, 0.1) is 0 Å². The largest absolute Gasteiger partial charge is 0.455 e. The molecule has 5 heteroatoms. The predicted octanol–water partition coefficient (Wildman–Crippen LogP) is 11.5. The Morgan fingerprint density at radius 1 is 0.480 bits per heavy atom. The second-order valence-electron chi connectivity index (χ2n) is 12.5. The highest BCUT2D eigenvalue weighted by Gasteiger charge is 2.19. The molecule has 0 aliphatic carbocycles. The molecule has 0 radical (unpaired) electrons. The molecule has 10 aromatic rings. The Morgan fingerprint density at radius 2 is 1.24 bits per heavy atom. The van der Waals surface area contributed by atoms with Gasteiger partial charge in [0.2, 0.25) is 0 Å². The Bertz CT molecular complexity index is 2850. The molecule has 4 heterocycles. The van der Waals surface area contributed by atoms with Crippen molar-refractivity contribution in [2.24, 2.45) is 0 Å². The van der Waals surface area contributed by atoms with Gasteiger partial charge in [-0.2, -0.15) is 0 Å². The molecule has 0 bridgehead atoms. The SMILES string of the molecule is c1ccc(-c2nc3ccccc3n2-c2ccc(-c3ccc4oc5c(-c6cccc(-c7ccccn7)n6)c6ccccc6cc5c4c3)cc2)cc1. The molecule has 0 aliphatic heterocycles. The van der Waals surface area contributed by atoms with Crippen LogP contribution in [0.25, 0.3) is 94.6 Å². The Hall–Kier alpha value is -6.85. The van der Waals surface area contributed by atoms with Crippen molar-refractivity contribution in [1.29, 1.82) is 0 Å². The van der Waals surface area contributed by atoms with Crippen molar-refractivity contribution in [2.45, 2.75) is 0 Å². The quantitative estimate of drug-likeness (QED) is 0.188. The summed E-state index contributed by atoms with van der Waals surface area (Å²) in [7, 11) is 0. The highest BCUT2D eigenvalue weighted by Crippen LogP contribution is 2.42.